The van der Waals surface area contributed by atoms with E-state index >= 15 is 0 Å². The van der Waals surface area contributed by atoms with Crippen LogP contribution in [0.5, 0.6) is 0 Å². The lowest BCUT2D eigenvalue weighted by molar-refractivity contribution is -0.161. The molecule has 3 N–H and O–H groups in total. The summed E-state index contributed by atoms with van der Waals surface area (Å²) < 4.78 is 26.3. The van der Waals surface area contributed by atoms with E-state index in [0.29, 0.717) is 19.3 Å². The Hall–Kier alpha value is -2.03. The van der Waals surface area contributed by atoms with Crippen molar-refractivity contribution in [2.45, 2.75) is 193 Å². The van der Waals surface area contributed by atoms with Crippen LogP contribution in [0.3, 0.4) is 0 Å². The monoisotopic (exact) mass is 769 g/mol. The number of ether oxygens (including phenoxy) is 2. The van der Waals surface area contributed by atoms with Gasteiger partial charge in [0.2, 0.25) is 0 Å². The molecule has 0 aromatic rings. The first-order chi connectivity index (χ1) is 25.5. The van der Waals surface area contributed by atoms with E-state index in [9.17, 15) is 19.3 Å². The largest absolute Gasteiger partial charge is 0.469 e. The number of carbonyl (C=O) groups excluding carboxylic acids is 2. The molecule has 10 heteroatoms. The number of aliphatic hydroxyl groups is 1. The van der Waals surface area contributed by atoms with Crippen LogP contribution in [0.4, 0.5) is 0 Å². The summed E-state index contributed by atoms with van der Waals surface area (Å²) in [6.45, 7) is 5.83. The number of phosphoric acid groups is 1. The van der Waals surface area contributed by atoms with Crippen molar-refractivity contribution in [3.05, 3.63) is 48.6 Å². The zero-order valence-corrected chi connectivity index (χ0v) is 34.6. The van der Waals surface area contributed by atoms with Gasteiger partial charge in [-0.05, 0) is 50.9 Å². The van der Waals surface area contributed by atoms with Gasteiger partial charge in [-0.15, -0.1) is 0 Å². The molecule has 0 radical (unpaired) electrons. The van der Waals surface area contributed by atoms with Gasteiger partial charge in [-0.1, -0.05) is 172 Å². The SMILES string of the molecule is CCCCC/C=C\C/C=C\C/C=C\C=C\[C@@H](O)CCCC(=O)OC[C@H](COP(=O)(O)O)OC(=O)CCCCCCCCCCCCCCCCC(C)C. The van der Waals surface area contributed by atoms with Gasteiger partial charge < -0.3 is 24.4 Å². The second-order valence-electron chi connectivity index (χ2n) is 14.6. The Morgan fingerprint density at radius 3 is 1.75 bits per heavy atom. The minimum absolute atomic E-state index is 0.0390. The summed E-state index contributed by atoms with van der Waals surface area (Å²) in [5.41, 5.74) is 0. The number of hydrogen-bond acceptors (Lipinski definition) is 7. The molecule has 0 saturated heterocycles. The van der Waals surface area contributed by atoms with Crippen molar-refractivity contribution < 1.29 is 43.0 Å². The lowest BCUT2D eigenvalue weighted by atomic mass is 10.0. The highest BCUT2D eigenvalue weighted by Crippen LogP contribution is 2.36. The molecule has 0 fully saturated rings. The molecule has 0 unspecified atom stereocenters. The molecule has 2 atom stereocenters. The summed E-state index contributed by atoms with van der Waals surface area (Å²) in [5.74, 6) is -0.263. The van der Waals surface area contributed by atoms with E-state index in [1.807, 2.05) is 12.2 Å². The maximum atomic E-state index is 12.4. The summed E-state index contributed by atoms with van der Waals surface area (Å²) in [6, 6.07) is 0. The lowest BCUT2D eigenvalue weighted by Gasteiger charge is -2.18. The van der Waals surface area contributed by atoms with Gasteiger partial charge in [-0.25, -0.2) is 4.57 Å². The Bertz CT molecular complexity index is 1030. The van der Waals surface area contributed by atoms with Crippen LogP contribution in [-0.2, 0) is 28.2 Å². The Labute approximate surface area is 323 Å². The van der Waals surface area contributed by atoms with Gasteiger partial charge in [-0.2, -0.15) is 0 Å². The van der Waals surface area contributed by atoms with Crippen LogP contribution in [0.1, 0.15) is 181 Å². The fourth-order valence-corrected chi connectivity index (χ4v) is 6.08. The van der Waals surface area contributed by atoms with Crippen LogP contribution in [0.25, 0.3) is 0 Å². The van der Waals surface area contributed by atoms with Gasteiger partial charge in [-0.3, -0.25) is 14.1 Å². The highest BCUT2D eigenvalue weighted by Gasteiger charge is 2.23. The van der Waals surface area contributed by atoms with Crippen molar-refractivity contribution in [3.63, 3.8) is 0 Å². The van der Waals surface area contributed by atoms with Crippen LogP contribution in [0, 0.1) is 5.92 Å². The number of allylic oxidation sites excluding steroid dienone is 7. The van der Waals surface area contributed by atoms with Crippen LogP contribution in [0.15, 0.2) is 48.6 Å². The van der Waals surface area contributed by atoms with Crippen molar-refractivity contribution in [1.29, 1.82) is 0 Å². The van der Waals surface area contributed by atoms with E-state index in [-0.39, 0.29) is 19.4 Å². The molecule has 53 heavy (non-hydrogen) atoms. The molecule has 0 saturated carbocycles. The molecule has 0 rings (SSSR count). The average Bonchev–Trinajstić information content (AvgIpc) is 3.10. The van der Waals surface area contributed by atoms with Gasteiger partial charge in [0, 0.05) is 12.8 Å². The second kappa shape index (κ2) is 36.9. The molecule has 0 aromatic carbocycles. The molecule has 9 nitrogen and oxygen atoms in total. The van der Waals surface area contributed by atoms with E-state index in [1.54, 1.807) is 12.2 Å². The van der Waals surface area contributed by atoms with Crippen LogP contribution >= 0.6 is 7.82 Å². The zero-order valence-electron chi connectivity index (χ0n) is 33.7. The van der Waals surface area contributed by atoms with Crippen LogP contribution in [0.2, 0.25) is 0 Å². The quantitative estimate of drug-likeness (QED) is 0.0185. The summed E-state index contributed by atoms with van der Waals surface area (Å²) in [6.07, 6.45) is 40.1. The topological polar surface area (TPSA) is 140 Å². The maximum Gasteiger partial charge on any atom is 0.469 e. The third kappa shape index (κ3) is 41.0. The first-order valence-electron chi connectivity index (χ1n) is 20.9. The van der Waals surface area contributed by atoms with E-state index in [0.717, 1.165) is 44.4 Å². The fourth-order valence-electron chi connectivity index (χ4n) is 5.72. The summed E-state index contributed by atoms with van der Waals surface area (Å²) in [7, 11) is -4.80. The van der Waals surface area contributed by atoms with Crippen molar-refractivity contribution in [1.82, 2.24) is 0 Å². The Morgan fingerprint density at radius 1 is 0.623 bits per heavy atom. The molecule has 0 aliphatic carbocycles. The van der Waals surface area contributed by atoms with Crippen LogP contribution in [-0.4, -0.2) is 52.3 Å². The van der Waals surface area contributed by atoms with Crippen molar-refractivity contribution in [2.75, 3.05) is 13.2 Å². The minimum atomic E-state index is -4.80. The first kappa shape index (κ1) is 51.0. The van der Waals surface area contributed by atoms with E-state index in [4.69, 9.17) is 19.3 Å². The summed E-state index contributed by atoms with van der Waals surface area (Å²) in [5, 5.41) is 10.2. The normalized spacial score (nSPS) is 13.6. The molecule has 0 aromatic heterocycles. The molecule has 0 amide bonds. The molecule has 0 bridgehead atoms. The third-order valence-corrected chi connectivity index (χ3v) is 9.37. The van der Waals surface area contributed by atoms with Crippen LogP contribution < -0.4 is 0 Å². The molecular formula is C43H77O9P. The molecule has 0 aliphatic heterocycles. The van der Waals surface area contributed by atoms with Gasteiger partial charge in [0.1, 0.15) is 6.61 Å². The van der Waals surface area contributed by atoms with Gasteiger partial charge in [0.15, 0.2) is 6.10 Å². The molecule has 0 aliphatic rings. The molecular weight excluding hydrogens is 691 g/mol. The Balaban J connectivity index is 4.10. The number of aliphatic hydroxyl groups excluding tert-OH is 1. The Kier molecular flexibility index (Phi) is 35.5. The number of phosphoric ester groups is 1. The first-order valence-corrected chi connectivity index (χ1v) is 22.4. The van der Waals surface area contributed by atoms with E-state index < -0.39 is 38.6 Å². The standard InChI is InChI=1S/C43H77O9P/c1-4-5-6-7-8-9-10-13-17-20-23-26-29-33-40(44)34-31-36-42(45)50-37-41(38-51-53(47,48)49)52-43(46)35-30-27-24-21-18-15-12-11-14-16-19-22-25-28-32-39(2)3/h8-9,13,17,23,26,29,33,39-41,44H,4-7,10-12,14-16,18-22,24-25,27-28,30-32,34-38H2,1-3H3,(H2,47,48,49)/b9-8-,17-13-,26-23-,33-29+/t40-,41-/m1/s1. The highest BCUT2D eigenvalue weighted by molar-refractivity contribution is 7.46. The van der Waals surface area contributed by atoms with E-state index in [2.05, 4.69) is 49.6 Å². The third-order valence-electron chi connectivity index (χ3n) is 8.88. The maximum absolute atomic E-state index is 12.4. The molecule has 308 valence electrons. The number of unbranched alkanes of at least 4 members (excludes halogenated alkanes) is 16. The van der Waals surface area contributed by atoms with Crippen molar-refractivity contribution in [2.24, 2.45) is 5.92 Å². The number of rotatable bonds is 37. The highest BCUT2D eigenvalue weighted by atomic mass is 31.2. The summed E-state index contributed by atoms with van der Waals surface area (Å²) >= 11 is 0. The Morgan fingerprint density at radius 2 is 1.17 bits per heavy atom. The predicted octanol–water partition coefficient (Wildman–Crippen LogP) is 11.6. The van der Waals surface area contributed by atoms with E-state index in [1.165, 1.54) is 89.9 Å². The molecule has 0 spiro atoms. The van der Waals surface area contributed by atoms with Gasteiger partial charge in [0.05, 0.1) is 12.7 Å². The number of carbonyl (C=O) groups is 2. The van der Waals surface area contributed by atoms with Gasteiger partial charge in [0.25, 0.3) is 0 Å². The zero-order chi connectivity index (χ0) is 39.3. The smallest absolute Gasteiger partial charge is 0.462 e. The van der Waals surface area contributed by atoms with Crippen molar-refractivity contribution in [3.8, 4) is 0 Å². The predicted molar refractivity (Wildman–Crippen MR) is 217 cm³/mol. The minimum Gasteiger partial charge on any atom is -0.462 e. The summed E-state index contributed by atoms with van der Waals surface area (Å²) in [4.78, 5) is 42.8. The number of esters is 2. The second-order valence-corrected chi connectivity index (χ2v) is 15.9. The molecule has 0 heterocycles. The van der Waals surface area contributed by atoms with Gasteiger partial charge >= 0.3 is 19.8 Å². The lowest BCUT2D eigenvalue weighted by Crippen LogP contribution is -2.29. The number of hydrogen-bond donors (Lipinski definition) is 3. The van der Waals surface area contributed by atoms with Crippen molar-refractivity contribution >= 4 is 19.8 Å². The average molecular weight is 769 g/mol. The fraction of sp³-hybridized carbons (Fsp3) is 0.767.